The van der Waals surface area contributed by atoms with Crippen molar-refractivity contribution in [1.82, 2.24) is 9.55 Å². The van der Waals surface area contributed by atoms with Crippen LogP contribution < -0.4 is 10.9 Å². The Morgan fingerprint density at radius 2 is 1.97 bits per heavy atom. The molecule has 6 nitrogen and oxygen atoms in total. The molecule has 1 aliphatic heterocycles. The van der Waals surface area contributed by atoms with Crippen LogP contribution in [0.15, 0.2) is 41.2 Å². The molecule has 2 heterocycles. The van der Waals surface area contributed by atoms with Crippen LogP contribution in [0.4, 0.5) is 14.5 Å². The van der Waals surface area contributed by atoms with Gasteiger partial charge in [-0.3, -0.25) is 9.36 Å². The number of halogens is 2. The Morgan fingerprint density at radius 1 is 1.21 bits per heavy atom. The summed E-state index contributed by atoms with van der Waals surface area (Å²) in [6.45, 7) is 4.16. The number of anilines is 1. The van der Waals surface area contributed by atoms with Gasteiger partial charge in [-0.2, -0.15) is 0 Å². The topological polar surface area (TPSA) is 84.2 Å². The maximum Gasteiger partial charge on any atom is 0.337 e. The molecular weight excluding hydrogens is 428 g/mol. The van der Waals surface area contributed by atoms with Crippen LogP contribution in [0.2, 0.25) is 0 Å². The van der Waals surface area contributed by atoms with E-state index in [4.69, 9.17) is 4.98 Å². The molecule has 2 aromatic carbocycles. The lowest BCUT2D eigenvalue weighted by Crippen LogP contribution is -2.28. The lowest BCUT2D eigenvalue weighted by molar-refractivity contribution is 0.00241. The Bertz CT molecular complexity index is 1350. The summed E-state index contributed by atoms with van der Waals surface area (Å²) in [6.07, 6.45) is 0.346. The SMILES string of the molecule is Cc1cc([C@@H](C)Nc2ccccc2C(=O)O)c2nc3n(c(=O)c2c1)CC[C@]31CCC(F)(F)C1. The second-order valence-corrected chi connectivity index (χ2v) is 9.42. The van der Waals surface area contributed by atoms with E-state index in [0.29, 0.717) is 41.8 Å². The normalized spacial score (nSPS) is 21.9. The number of rotatable bonds is 4. The monoisotopic (exact) mass is 453 g/mol. The molecule has 0 bridgehead atoms. The Morgan fingerprint density at radius 3 is 2.67 bits per heavy atom. The third kappa shape index (κ3) is 3.48. The molecule has 0 amide bonds. The van der Waals surface area contributed by atoms with E-state index < -0.39 is 17.3 Å². The molecule has 2 atom stereocenters. The third-order valence-electron chi connectivity index (χ3n) is 7.08. The Labute approximate surface area is 189 Å². The Hall–Kier alpha value is -3.29. The van der Waals surface area contributed by atoms with E-state index in [1.165, 1.54) is 6.07 Å². The van der Waals surface area contributed by atoms with Crippen molar-refractivity contribution in [3.05, 3.63) is 69.3 Å². The van der Waals surface area contributed by atoms with Crippen LogP contribution in [-0.2, 0) is 12.0 Å². The number of alkyl halides is 2. The van der Waals surface area contributed by atoms with Crippen molar-refractivity contribution in [2.45, 2.75) is 63.5 Å². The molecule has 1 aromatic heterocycles. The summed E-state index contributed by atoms with van der Waals surface area (Å²) in [6, 6.07) is 9.94. The number of carbonyl (C=O) groups is 1. The first-order chi connectivity index (χ1) is 15.6. The fourth-order valence-electron chi connectivity index (χ4n) is 5.49. The molecule has 2 aliphatic rings. The molecule has 0 saturated heterocycles. The summed E-state index contributed by atoms with van der Waals surface area (Å²) in [5.74, 6) is -3.33. The molecule has 8 heteroatoms. The number of para-hydroxylation sites is 1. The molecule has 5 rings (SSSR count). The molecule has 1 aliphatic carbocycles. The first-order valence-electron chi connectivity index (χ1n) is 11.1. The van der Waals surface area contributed by atoms with Gasteiger partial charge in [0.05, 0.1) is 22.5 Å². The molecule has 1 saturated carbocycles. The van der Waals surface area contributed by atoms with Gasteiger partial charge in [-0.1, -0.05) is 18.2 Å². The smallest absolute Gasteiger partial charge is 0.337 e. The minimum atomic E-state index is -2.74. The van der Waals surface area contributed by atoms with Gasteiger partial charge in [0, 0.05) is 36.1 Å². The van der Waals surface area contributed by atoms with Crippen molar-refractivity contribution in [2.75, 3.05) is 5.32 Å². The van der Waals surface area contributed by atoms with Crippen molar-refractivity contribution >= 4 is 22.6 Å². The summed E-state index contributed by atoms with van der Waals surface area (Å²) in [7, 11) is 0. The number of carboxylic acid groups (broad SMARTS) is 1. The number of hydrogen-bond donors (Lipinski definition) is 2. The standard InChI is InChI=1S/C25H25F2N3O3/c1-14-11-17(15(2)28-19-6-4-3-5-16(19)22(32)33)20-18(12-14)21(31)30-10-9-24(23(30)29-20)7-8-25(26,27)13-24/h3-6,11-12,15,28H,7-10,13H2,1-2H3,(H,32,33)/t15-,24+/m1/s1. The molecule has 3 aromatic rings. The molecule has 1 fully saturated rings. The summed E-state index contributed by atoms with van der Waals surface area (Å²) in [5, 5.41) is 13.2. The molecule has 2 N–H and O–H groups in total. The lowest BCUT2D eigenvalue weighted by Gasteiger charge is -2.24. The highest BCUT2D eigenvalue weighted by atomic mass is 19.3. The number of hydrogen-bond acceptors (Lipinski definition) is 4. The average Bonchev–Trinajstić information content (AvgIpc) is 3.27. The Kier molecular flexibility index (Phi) is 4.81. The van der Waals surface area contributed by atoms with Crippen molar-refractivity contribution in [3.8, 4) is 0 Å². The van der Waals surface area contributed by atoms with Gasteiger partial charge in [-0.15, -0.1) is 0 Å². The van der Waals surface area contributed by atoms with Crippen LogP contribution in [0.5, 0.6) is 0 Å². The lowest BCUT2D eigenvalue weighted by atomic mass is 9.84. The van der Waals surface area contributed by atoms with E-state index in [1.807, 2.05) is 19.9 Å². The van der Waals surface area contributed by atoms with E-state index in [-0.39, 0.29) is 30.0 Å². The Balaban J connectivity index is 1.64. The third-order valence-corrected chi connectivity index (χ3v) is 7.08. The van der Waals surface area contributed by atoms with Crippen molar-refractivity contribution in [3.63, 3.8) is 0 Å². The van der Waals surface area contributed by atoms with Crippen LogP contribution in [-0.4, -0.2) is 26.5 Å². The highest BCUT2D eigenvalue weighted by Gasteiger charge is 2.54. The summed E-state index contributed by atoms with van der Waals surface area (Å²) in [4.78, 5) is 29.9. The number of carboxylic acids is 1. The quantitative estimate of drug-likeness (QED) is 0.578. The molecule has 1 spiro atoms. The zero-order chi connectivity index (χ0) is 23.5. The number of aromatic carboxylic acids is 1. The van der Waals surface area contributed by atoms with Gasteiger partial charge >= 0.3 is 5.97 Å². The fraction of sp³-hybridized carbons (Fsp3) is 0.400. The number of aryl methyl sites for hydroxylation is 1. The van der Waals surface area contributed by atoms with Gasteiger partial charge in [0.2, 0.25) is 5.92 Å². The van der Waals surface area contributed by atoms with Gasteiger partial charge < -0.3 is 10.4 Å². The van der Waals surface area contributed by atoms with E-state index in [9.17, 15) is 23.5 Å². The van der Waals surface area contributed by atoms with Gasteiger partial charge in [-0.25, -0.2) is 18.6 Å². The minimum Gasteiger partial charge on any atom is -0.478 e. The average molecular weight is 453 g/mol. The van der Waals surface area contributed by atoms with Crippen LogP contribution >= 0.6 is 0 Å². The van der Waals surface area contributed by atoms with Crippen molar-refractivity contribution in [1.29, 1.82) is 0 Å². The maximum atomic E-state index is 14.2. The predicted molar refractivity (Wildman–Crippen MR) is 121 cm³/mol. The zero-order valence-corrected chi connectivity index (χ0v) is 18.5. The minimum absolute atomic E-state index is 0.141. The summed E-state index contributed by atoms with van der Waals surface area (Å²) < 4.78 is 29.9. The first-order valence-corrected chi connectivity index (χ1v) is 11.1. The van der Waals surface area contributed by atoms with Crippen molar-refractivity contribution in [2.24, 2.45) is 0 Å². The van der Waals surface area contributed by atoms with E-state index >= 15 is 0 Å². The molecule has 33 heavy (non-hydrogen) atoms. The molecule has 0 unspecified atom stereocenters. The highest BCUT2D eigenvalue weighted by molar-refractivity contribution is 5.94. The summed E-state index contributed by atoms with van der Waals surface area (Å²) >= 11 is 0. The number of fused-ring (bicyclic) bond motifs is 3. The number of nitrogens with zero attached hydrogens (tertiary/aromatic N) is 2. The molecular formula is C25H25F2N3O3. The van der Waals surface area contributed by atoms with Crippen molar-refractivity contribution < 1.29 is 18.7 Å². The van der Waals surface area contributed by atoms with Crippen LogP contribution in [0.3, 0.4) is 0 Å². The second-order valence-electron chi connectivity index (χ2n) is 9.42. The predicted octanol–water partition coefficient (Wildman–Crippen LogP) is 5.04. The zero-order valence-electron chi connectivity index (χ0n) is 18.5. The molecule has 0 radical (unpaired) electrons. The highest BCUT2D eigenvalue weighted by Crippen LogP contribution is 2.52. The van der Waals surface area contributed by atoms with Crippen LogP contribution in [0.1, 0.15) is 66.0 Å². The first kappa shape index (κ1) is 21.6. The maximum absolute atomic E-state index is 14.2. The van der Waals surface area contributed by atoms with Crippen LogP contribution in [0.25, 0.3) is 10.9 Å². The van der Waals surface area contributed by atoms with E-state index in [0.717, 1.165) is 11.1 Å². The van der Waals surface area contributed by atoms with E-state index in [2.05, 4.69) is 5.32 Å². The van der Waals surface area contributed by atoms with Gasteiger partial charge in [0.1, 0.15) is 5.82 Å². The number of benzene rings is 2. The van der Waals surface area contributed by atoms with Gasteiger partial charge in [0.25, 0.3) is 5.56 Å². The molecule has 172 valence electrons. The summed E-state index contributed by atoms with van der Waals surface area (Å²) in [5.41, 5.74) is 1.71. The number of aromatic nitrogens is 2. The largest absolute Gasteiger partial charge is 0.478 e. The number of nitrogens with one attached hydrogen (secondary N) is 1. The van der Waals surface area contributed by atoms with E-state index in [1.54, 1.807) is 28.8 Å². The second kappa shape index (κ2) is 7.37. The van der Waals surface area contributed by atoms with Crippen LogP contribution in [0, 0.1) is 6.92 Å². The van der Waals surface area contributed by atoms with Gasteiger partial charge in [0.15, 0.2) is 0 Å². The van der Waals surface area contributed by atoms with Gasteiger partial charge in [-0.05, 0) is 50.5 Å². The fourth-order valence-corrected chi connectivity index (χ4v) is 5.49.